The lowest BCUT2D eigenvalue weighted by molar-refractivity contribution is 0.102. The second-order valence-corrected chi connectivity index (χ2v) is 6.94. The van der Waals surface area contributed by atoms with E-state index in [2.05, 4.69) is 41.4 Å². The van der Waals surface area contributed by atoms with E-state index in [-0.39, 0.29) is 12.6 Å². The van der Waals surface area contributed by atoms with Gasteiger partial charge in [-0.15, -0.1) is 0 Å². The van der Waals surface area contributed by atoms with Crippen molar-refractivity contribution in [3.63, 3.8) is 0 Å². The fourth-order valence-electron chi connectivity index (χ4n) is 3.46. The van der Waals surface area contributed by atoms with E-state index in [1.807, 2.05) is 24.3 Å². The van der Waals surface area contributed by atoms with Gasteiger partial charge in [-0.1, -0.05) is 48.5 Å². The predicted octanol–water partition coefficient (Wildman–Crippen LogP) is 2.25. The lowest BCUT2D eigenvalue weighted by atomic mass is 10.00. The van der Waals surface area contributed by atoms with Gasteiger partial charge in [0, 0.05) is 32.2 Å². The van der Waals surface area contributed by atoms with Crippen LogP contribution in [0, 0.1) is 0 Å². The van der Waals surface area contributed by atoms with Crippen LogP contribution in [0.4, 0.5) is 0 Å². The molecule has 2 unspecified atom stereocenters. The van der Waals surface area contributed by atoms with Crippen LogP contribution < -0.4 is 5.32 Å². The van der Waals surface area contributed by atoms with E-state index >= 15 is 0 Å². The molecular formula is C21H28N2O2. The molecule has 3 N–H and O–H groups in total. The van der Waals surface area contributed by atoms with Gasteiger partial charge in [-0.3, -0.25) is 4.90 Å². The third-order valence-corrected chi connectivity index (χ3v) is 4.97. The van der Waals surface area contributed by atoms with Crippen molar-refractivity contribution < 1.29 is 10.2 Å². The Bertz CT molecular complexity index is 689. The van der Waals surface area contributed by atoms with Crippen molar-refractivity contribution >= 4 is 0 Å². The van der Waals surface area contributed by atoms with Crippen molar-refractivity contribution in [3.8, 4) is 0 Å². The Labute approximate surface area is 150 Å². The molecule has 4 nitrogen and oxygen atoms in total. The van der Waals surface area contributed by atoms with E-state index in [1.54, 1.807) is 0 Å². The summed E-state index contributed by atoms with van der Waals surface area (Å²) in [5.74, 6) is 0. The van der Waals surface area contributed by atoms with Crippen LogP contribution in [-0.2, 0) is 19.6 Å². The van der Waals surface area contributed by atoms with Crippen molar-refractivity contribution in [3.05, 3.63) is 70.8 Å². The normalized spacial score (nSPS) is 17.1. The SMILES string of the molecule is CC(NCC(O)CN1CCc2ccccc2C1)c1cccc(CO)c1. The molecule has 0 radical (unpaired) electrons. The number of benzene rings is 2. The molecule has 0 saturated carbocycles. The Morgan fingerprint density at radius 2 is 1.92 bits per heavy atom. The van der Waals surface area contributed by atoms with Gasteiger partial charge >= 0.3 is 0 Å². The molecule has 0 bridgehead atoms. The summed E-state index contributed by atoms with van der Waals surface area (Å²) in [5, 5.41) is 23.1. The van der Waals surface area contributed by atoms with Crippen LogP contribution in [-0.4, -0.2) is 40.9 Å². The fraction of sp³-hybridized carbons (Fsp3) is 0.429. The van der Waals surface area contributed by atoms with Crippen LogP contribution >= 0.6 is 0 Å². The van der Waals surface area contributed by atoms with Crippen molar-refractivity contribution in [2.75, 3.05) is 19.6 Å². The molecule has 0 saturated heterocycles. The summed E-state index contributed by atoms with van der Waals surface area (Å²) >= 11 is 0. The Balaban J connectivity index is 1.47. The first-order chi connectivity index (χ1) is 12.2. The molecule has 1 aliphatic heterocycles. The van der Waals surface area contributed by atoms with Gasteiger partial charge in [0.2, 0.25) is 0 Å². The number of β-amino-alcohol motifs (C(OH)–C–C–N with tert-alkyl or cyclic N) is 1. The number of fused-ring (bicyclic) bond motifs is 1. The van der Waals surface area contributed by atoms with Gasteiger partial charge in [0.1, 0.15) is 0 Å². The zero-order valence-corrected chi connectivity index (χ0v) is 14.9. The summed E-state index contributed by atoms with van der Waals surface area (Å²) in [5.41, 5.74) is 4.86. The summed E-state index contributed by atoms with van der Waals surface area (Å²) < 4.78 is 0. The van der Waals surface area contributed by atoms with E-state index in [0.29, 0.717) is 13.1 Å². The lowest BCUT2D eigenvalue weighted by Crippen LogP contribution is -2.41. The molecule has 25 heavy (non-hydrogen) atoms. The number of rotatable bonds is 7. The number of aliphatic hydroxyl groups excluding tert-OH is 2. The van der Waals surface area contributed by atoms with Crippen LogP contribution in [0.15, 0.2) is 48.5 Å². The van der Waals surface area contributed by atoms with E-state index < -0.39 is 6.10 Å². The molecule has 0 fully saturated rings. The Hall–Kier alpha value is -1.72. The van der Waals surface area contributed by atoms with E-state index in [0.717, 1.165) is 30.6 Å². The molecule has 0 aromatic heterocycles. The predicted molar refractivity (Wildman–Crippen MR) is 100 cm³/mol. The average molecular weight is 340 g/mol. The largest absolute Gasteiger partial charge is 0.392 e. The number of nitrogens with zero attached hydrogens (tertiary/aromatic N) is 1. The van der Waals surface area contributed by atoms with Crippen LogP contribution in [0.1, 0.15) is 35.2 Å². The first kappa shape index (κ1) is 18.1. The summed E-state index contributed by atoms with van der Waals surface area (Å²) in [6, 6.07) is 16.6. The van der Waals surface area contributed by atoms with E-state index in [1.165, 1.54) is 11.1 Å². The van der Waals surface area contributed by atoms with Crippen molar-refractivity contribution in [2.24, 2.45) is 0 Å². The van der Waals surface area contributed by atoms with Gasteiger partial charge < -0.3 is 15.5 Å². The zero-order valence-electron chi connectivity index (χ0n) is 14.9. The molecule has 134 valence electrons. The zero-order chi connectivity index (χ0) is 17.6. The molecule has 4 heteroatoms. The molecule has 3 rings (SSSR count). The van der Waals surface area contributed by atoms with Crippen molar-refractivity contribution in [2.45, 2.75) is 38.6 Å². The first-order valence-electron chi connectivity index (χ1n) is 9.06. The molecule has 0 spiro atoms. The van der Waals surface area contributed by atoms with Crippen LogP contribution in [0.25, 0.3) is 0 Å². The highest BCUT2D eigenvalue weighted by molar-refractivity contribution is 5.29. The second kappa shape index (κ2) is 8.59. The van der Waals surface area contributed by atoms with Crippen molar-refractivity contribution in [1.29, 1.82) is 0 Å². The van der Waals surface area contributed by atoms with E-state index in [9.17, 15) is 10.2 Å². The Morgan fingerprint density at radius 3 is 2.72 bits per heavy atom. The second-order valence-electron chi connectivity index (χ2n) is 6.94. The number of hydrogen-bond donors (Lipinski definition) is 3. The van der Waals surface area contributed by atoms with Crippen LogP contribution in [0.3, 0.4) is 0 Å². The van der Waals surface area contributed by atoms with Crippen LogP contribution in [0.5, 0.6) is 0 Å². The number of aliphatic hydroxyl groups is 2. The molecule has 0 amide bonds. The molecule has 1 heterocycles. The number of nitrogens with one attached hydrogen (secondary N) is 1. The van der Waals surface area contributed by atoms with Crippen molar-refractivity contribution in [1.82, 2.24) is 10.2 Å². The minimum atomic E-state index is -0.395. The Morgan fingerprint density at radius 1 is 1.12 bits per heavy atom. The summed E-state index contributed by atoms with van der Waals surface area (Å²) in [7, 11) is 0. The fourth-order valence-corrected chi connectivity index (χ4v) is 3.46. The molecule has 0 aliphatic carbocycles. The van der Waals surface area contributed by atoms with Gasteiger partial charge in [0.15, 0.2) is 0 Å². The Kier molecular flexibility index (Phi) is 6.21. The molecular weight excluding hydrogens is 312 g/mol. The lowest BCUT2D eigenvalue weighted by Gasteiger charge is -2.30. The highest BCUT2D eigenvalue weighted by Crippen LogP contribution is 2.19. The summed E-state index contributed by atoms with van der Waals surface area (Å²) in [4.78, 5) is 2.33. The standard InChI is InChI=1S/C21H28N2O2/c1-16(19-8-4-5-17(11-19)15-24)22-12-21(25)14-23-10-9-18-6-2-3-7-20(18)13-23/h2-8,11,16,21-22,24-25H,9-10,12-15H2,1H3. The summed E-state index contributed by atoms with van der Waals surface area (Å²) in [6.07, 6.45) is 0.662. The number of hydrogen-bond acceptors (Lipinski definition) is 4. The van der Waals surface area contributed by atoms with Gasteiger partial charge in [-0.2, -0.15) is 0 Å². The van der Waals surface area contributed by atoms with Gasteiger partial charge in [0.25, 0.3) is 0 Å². The monoisotopic (exact) mass is 340 g/mol. The smallest absolute Gasteiger partial charge is 0.0791 e. The van der Waals surface area contributed by atoms with Gasteiger partial charge in [-0.25, -0.2) is 0 Å². The first-order valence-corrected chi connectivity index (χ1v) is 9.06. The van der Waals surface area contributed by atoms with Gasteiger partial charge in [-0.05, 0) is 35.6 Å². The third-order valence-electron chi connectivity index (χ3n) is 4.97. The quantitative estimate of drug-likeness (QED) is 0.724. The molecule has 1 aliphatic rings. The topological polar surface area (TPSA) is 55.7 Å². The maximum atomic E-state index is 10.4. The minimum absolute atomic E-state index is 0.0552. The molecule has 2 aromatic carbocycles. The van der Waals surface area contributed by atoms with E-state index in [4.69, 9.17) is 0 Å². The van der Waals surface area contributed by atoms with Crippen LogP contribution in [0.2, 0.25) is 0 Å². The minimum Gasteiger partial charge on any atom is -0.392 e. The maximum absolute atomic E-state index is 10.4. The highest BCUT2D eigenvalue weighted by atomic mass is 16.3. The molecule has 2 aromatic rings. The summed E-state index contributed by atoms with van der Waals surface area (Å²) in [6.45, 7) is 5.30. The average Bonchev–Trinajstić information content (AvgIpc) is 2.66. The molecule has 2 atom stereocenters. The third kappa shape index (κ3) is 4.89. The maximum Gasteiger partial charge on any atom is 0.0791 e. The van der Waals surface area contributed by atoms with Gasteiger partial charge in [0.05, 0.1) is 12.7 Å². The highest BCUT2D eigenvalue weighted by Gasteiger charge is 2.18.